The fraction of sp³-hybridized carbons (Fsp3) is 0.438. The second-order valence-electron chi connectivity index (χ2n) is 6.20. The zero-order chi connectivity index (χ0) is 14.9. The largest absolute Gasteiger partial charge is 0.480 e. The van der Waals surface area contributed by atoms with Gasteiger partial charge >= 0.3 is 5.97 Å². The zero-order valence-corrected chi connectivity index (χ0v) is 12.6. The summed E-state index contributed by atoms with van der Waals surface area (Å²) in [6.07, 6.45) is 2.09. The summed E-state index contributed by atoms with van der Waals surface area (Å²) in [5, 5.41) is 10.3. The summed E-state index contributed by atoms with van der Waals surface area (Å²) < 4.78 is 2.09. The molecule has 0 saturated heterocycles. The number of nitrogens with zero attached hydrogens (tertiary/aromatic N) is 2. The molecule has 2 aromatic rings. The third-order valence-corrected chi connectivity index (χ3v) is 3.62. The third kappa shape index (κ3) is 3.02. The molecule has 0 unspecified atom stereocenters. The number of hydrogen-bond acceptors (Lipinski definition) is 2. The molecule has 0 saturated carbocycles. The van der Waals surface area contributed by atoms with Crippen molar-refractivity contribution in [1.82, 2.24) is 9.47 Å². The Labute approximate surface area is 119 Å². The number of carboxylic acids is 1. The summed E-state index contributed by atoms with van der Waals surface area (Å²) in [6, 6.07) is 8.21. The summed E-state index contributed by atoms with van der Waals surface area (Å²) in [6.45, 7) is 6.81. The molecule has 1 heterocycles. The molecule has 0 fully saturated rings. The lowest BCUT2D eigenvalue weighted by molar-refractivity contribution is -0.139. The Morgan fingerprint density at radius 3 is 2.55 bits per heavy atom. The van der Waals surface area contributed by atoms with E-state index in [4.69, 9.17) is 5.11 Å². The number of para-hydroxylation sites is 1. The Balaban J connectivity index is 2.36. The molecule has 4 nitrogen and oxygen atoms in total. The fourth-order valence-electron chi connectivity index (χ4n) is 2.45. The van der Waals surface area contributed by atoms with Crippen LogP contribution in [0.1, 0.15) is 26.3 Å². The van der Waals surface area contributed by atoms with Crippen LogP contribution in [0.5, 0.6) is 0 Å². The van der Waals surface area contributed by atoms with Gasteiger partial charge in [-0.05, 0) is 32.4 Å². The number of fused-ring (bicyclic) bond motifs is 1. The zero-order valence-electron chi connectivity index (χ0n) is 12.6. The second kappa shape index (κ2) is 5.29. The van der Waals surface area contributed by atoms with E-state index in [0.29, 0.717) is 6.54 Å². The minimum absolute atomic E-state index is 0.0483. The molecule has 2 rings (SSSR count). The highest BCUT2D eigenvalue weighted by molar-refractivity contribution is 5.83. The van der Waals surface area contributed by atoms with E-state index in [1.165, 1.54) is 16.5 Å². The van der Waals surface area contributed by atoms with Crippen molar-refractivity contribution in [2.75, 3.05) is 6.54 Å². The summed E-state index contributed by atoms with van der Waals surface area (Å²) in [4.78, 5) is 13.1. The summed E-state index contributed by atoms with van der Waals surface area (Å²) in [5.74, 6) is -0.792. The van der Waals surface area contributed by atoms with Crippen LogP contribution in [0.3, 0.4) is 0 Å². The van der Waals surface area contributed by atoms with Gasteiger partial charge in [-0.3, -0.25) is 9.69 Å². The van der Waals surface area contributed by atoms with Gasteiger partial charge in [0.15, 0.2) is 0 Å². The molecular weight excluding hydrogens is 252 g/mol. The molecule has 0 bridgehead atoms. The van der Waals surface area contributed by atoms with Crippen molar-refractivity contribution in [3.8, 4) is 0 Å². The number of rotatable bonds is 4. The fourth-order valence-corrected chi connectivity index (χ4v) is 2.45. The van der Waals surface area contributed by atoms with Crippen LogP contribution in [0, 0.1) is 0 Å². The van der Waals surface area contributed by atoms with Crippen molar-refractivity contribution >= 4 is 16.9 Å². The molecule has 20 heavy (non-hydrogen) atoms. The molecule has 0 spiro atoms. The lowest BCUT2D eigenvalue weighted by atomic mass is 10.0. The van der Waals surface area contributed by atoms with Crippen LogP contribution in [0.25, 0.3) is 10.9 Å². The maximum Gasteiger partial charge on any atom is 0.317 e. The summed E-state index contributed by atoms with van der Waals surface area (Å²) >= 11 is 0. The monoisotopic (exact) mass is 274 g/mol. The molecule has 1 N–H and O–H groups in total. The molecule has 0 atom stereocenters. The van der Waals surface area contributed by atoms with Gasteiger partial charge in [0, 0.05) is 36.2 Å². The van der Waals surface area contributed by atoms with Gasteiger partial charge in [0.05, 0.1) is 6.54 Å². The first-order chi connectivity index (χ1) is 9.29. The first-order valence-corrected chi connectivity index (χ1v) is 6.79. The summed E-state index contributed by atoms with van der Waals surface area (Å²) in [7, 11) is 2.02. The van der Waals surface area contributed by atoms with Crippen molar-refractivity contribution in [2.45, 2.75) is 32.9 Å². The number of hydrogen-bond donors (Lipinski definition) is 1. The first-order valence-electron chi connectivity index (χ1n) is 6.79. The molecule has 0 aliphatic carbocycles. The normalized spacial score (nSPS) is 12.2. The predicted octanol–water partition coefficient (Wildman–Crippen LogP) is 2.86. The second-order valence-corrected chi connectivity index (χ2v) is 6.20. The molecule has 4 heteroatoms. The van der Waals surface area contributed by atoms with Gasteiger partial charge in [0.25, 0.3) is 0 Å². The van der Waals surface area contributed by atoms with Gasteiger partial charge in [0.1, 0.15) is 0 Å². The van der Waals surface area contributed by atoms with Crippen LogP contribution < -0.4 is 0 Å². The van der Waals surface area contributed by atoms with Crippen molar-refractivity contribution in [3.63, 3.8) is 0 Å². The maximum atomic E-state index is 11.1. The SMILES string of the molecule is Cn1cc(CN(CC(=O)O)C(C)(C)C)c2ccccc21. The van der Waals surface area contributed by atoms with Crippen molar-refractivity contribution < 1.29 is 9.90 Å². The number of aliphatic carboxylic acids is 1. The molecule has 0 amide bonds. The van der Waals surface area contributed by atoms with E-state index < -0.39 is 5.97 Å². The molecule has 0 aliphatic heterocycles. The van der Waals surface area contributed by atoms with Crippen LogP contribution in [-0.4, -0.2) is 32.6 Å². The summed E-state index contributed by atoms with van der Waals surface area (Å²) in [5.41, 5.74) is 2.15. The molecule has 0 aliphatic rings. The van der Waals surface area contributed by atoms with Gasteiger partial charge in [-0.2, -0.15) is 0 Å². The quantitative estimate of drug-likeness (QED) is 0.932. The van der Waals surface area contributed by atoms with Crippen molar-refractivity contribution in [3.05, 3.63) is 36.0 Å². The Morgan fingerprint density at radius 1 is 1.30 bits per heavy atom. The predicted molar refractivity (Wildman–Crippen MR) is 80.7 cm³/mol. The Hall–Kier alpha value is -1.81. The topological polar surface area (TPSA) is 45.5 Å². The minimum Gasteiger partial charge on any atom is -0.480 e. The standard InChI is InChI=1S/C16H22N2O2/c1-16(2,3)18(11-15(19)20)10-12-9-17(4)14-8-6-5-7-13(12)14/h5-9H,10-11H2,1-4H3,(H,19,20). The molecule has 108 valence electrons. The van der Waals surface area contributed by atoms with E-state index in [1.54, 1.807) is 0 Å². The maximum absolute atomic E-state index is 11.1. The van der Waals surface area contributed by atoms with E-state index in [9.17, 15) is 4.79 Å². The van der Waals surface area contributed by atoms with Gasteiger partial charge in [0.2, 0.25) is 0 Å². The minimum atomic E-state index is -0.792. The van der Waals surface area contributed by atoms with Crippen LogP contribution in [0.2, 0.25) is 0 Å². The smallest absolute Gasteiger partial charge is 0.317 e. The highest BCUT2D eigenvalue weighted by Gasteiger charge is 2.24. The molecule has 1 aromatic carbocycles. The van der Waals surface area contributed by atoms with Gasteiger partial charge in [-0.25, -0.2) is 0 Å². The average Bonchev–Trinajstić information content (AvgIpc) is 2.65. The van der Waals surface area contributed by atoms with E-state index in [-0.39, 0.29) is 12.1 Å². The highest BCUT2D eigenvalue weighted by atomic mass is 16.4. The van der Waals surface area contributed by atoms with Crippen LogP contribution in [0.15, 0.2) is 30.5 Å². The third-order valence-electron chi connectivity index (χ3n) is 3.62. The van der Waals surface area contributed by atoms with Gasteiger partial charge < -0.3 is 9.67 Å². The van der Waals surface area contributed by atoms with E-state index in [1.807, 2.05) is 44.9 Å². The Bertz CT molecular complexity index is 623. The van der Waals surface area contributed by atoms with Crippen molar-refractivity contribution in [1.29, 1.82) is 0 Å². The molecule has 0 radical (unpaired) electrons. The lowest BCUT2D eigenvalue weighted by Gasteiger charge is -2.34. The average molecular weight is 274 g/mol. The molecular formula is C16H22N2O2. The Morgan fingerprint density at radius 2 is 1.95 bits per heavy atom. The molecule has 1 aromatic heterocycles. The van der Waals surface area contributed by atoms with E-state index in [0.717, 1.165) is 0 Å². The highest BCUT2D eigenvalue weighted by Crippen LogP contribution is 2.24. The number of carboxylic acid groups (broad SMARTS) is 1. The van der Waals surface area contributed by atoms with E-state index in [2.05, 4.69) is 22.9 Å². The van der Waals surface area contributed by atoms with Crippen LogP contribution in [0.4, 0.5) is 0 Å². The van der Waals surface area contributed by atoms with Crippen LogP contribution >= 0.6 is 0 Å². The van der Waals surface area contributed by atoms with Gasteiger partial charge in [-0.1, -0.05) is 18.2 Å². The lowest BCUT2D eigenvalue weighted by Crippen LogP contribution is -2.43. The number of aromatic nitrogens is 1. The van der Waals surface area contributed by atoms with Crippen LogP contribution in [-0.2, 0) is 18.4 Å². The number of carbonyl (C=O) groups is 1. The van der Waals surface area contributed by atoms with Crippen molar-refractivity contribution in [2.24, 2.45) is 7.05 Å². The van der Waals surface area contributed by atoms with E-state index >= 15 is 0 Å². The van der Waals surface area contributed by atoms with Gasteiger partial charge in [-0.15, -0.1) is 0 Å². The number of benzene rings is 1. The first kappa shape index (κ1) is 14.6. The Kier molecular flexibility index (Phi) is 3.86. The number of aryl methyl sites for hydroxylation is 1.